The van der Waals surface area contributed by atoms with Crippen LogP contribution >= 0.6 is 0 Å². The Kier molecular flexibility index (Phi) is 11.1. The fourth-order valence-electron chi connectivity index (χ4n) is 1.62. The topological polar surface area (TPSA) is 57.2 Å². The molecule has 0 bridgehead atoms. The van der Waals surface area contributed by atoms with E-state index in [4.69, 9.17) is 5.11 Å². The van der Waals surface area contributed by atoms with Crippen LogP contribution in [0.25, 0.3) is 0 Å². The molecule has 0 aromatic carbocycles. The summed E-state index contributed by atoms with van der Waals surface area (Å²) in [4.78, 5) is 10.2. The molecule has 0 saturated heterocycles. The minimum Gasteiger partial charge on any atom is -0.481 e. The summed E-state index contributed by atoms with van der Waals surface area (Å²) in [6, 6.07) is 0. The molecule has 1 radical (unpaired) electrons. The monoisotopic (exact) mass is 215 g/mol. The highest BCUT2D eigenvalue weighted by Crippen LogP contribution is 2.10. The van der Waals surface area contributed by atoms with Crippen molar-refractivity contribution in [3.63, 3.8) is 0 Å². The number of hydrogen-bond donors (Lipinski definition) is 1. The van der Waals surface area contributed by atoms with Crippen molar-refractivity contribution in [3.05, 3.63) is 0 Å². The van der Waals surface area contributed by atoms with Crippen LogP contribution in [0.3, 0.4) is 0 Å². The largest absolute Gasteiger partial charge is 0.481 e. The van der Waals surface area contributed by atoms with E-state index < -0.39 is 5.97 Å². The molecular weight excluding hydrogens is 192 g/mol. The Morgan fingerprint density at radius 3 is 1.53 bits per heavy atom. The van der Waals surface area contributed by atoms with E-state index in [1.54, 1.807) is 0 Å². The minimum absolute atomic E-state index is 0.0647. The standard InChI is InChI=1S/C12H23O3/c13-11-9-7-5-3-1-2-4-6-8-10-12(14)15/h1-11H2,(H,14,15). The zero-order valence-electron chi connectivity index (χ0n) is 9.54. The lowest BCUT2D eigenvalue weighted by atomic mass is 10.1. The quantitative estimate of drug-likeness (QED) is 0.537. The maximum Gasteiger partial charge on any atom is 0.303 e. The van der Waals surface area contributed by atoms with Gasteiger partial charge < -0.3 is 5.11 Å². The molecule has 0 unspecified atom stereocenters. The van der Waals surface area contributed by atoms with Gasteiger partial charge in [0, 0.05) is 6.42 Å². The van der Waals surface area contributed by atoms with Crippen molar-refractivity contribution in [2.24, 2.45) is 0 Å². The second-order valence-corrected chi connectivity index (χ2v) is 4.03. The third-order valence-electron chi connectivity index (χ3n) is 2.53. The van der Waals surface area contributed by atoms with E-state index in [1.807, 2.05) is 0 Å². The highest BCUT2D eigenvalue weighted by atomic mass is 16.4. The summed E-state index contributed by atoms with van der Waals surface area (Å²) in [5.74, 6) is -0.687. The number of carboxylic acids is 1. The first-order valence-electron chi connectivity index (χ1n) is 6.07. The maximum atomic E-state index is 10.2. The Bertz CT molecular complexity index is 146. The first kappa shape index (κ1) is 14.4. The van der Waals surface area contributed by atoms with Crippen LogP contribution in [0, 0.1) is 0 Å². The highest BCUT2D eigenvalue weighted by Gasteiger charge is 1.96. The molecule has 89 valence electrons. The van der Waals surface area contributed by atoms with Crippen molar-refractivity contribution in [2.45, 2.75) is 64.2 Å². The molecule has 0 fully saturated rings. The van der Waals surface area contributed by atoms with Crippen LogP contribution in [-0.4, -0.2) is 17.7 Å². The van der Waals surface area contributed by atoms with Crippen molar-refractivity contribution in [1.82, 2.24) is 0 Å². The van der Waals surface area contributed by atoms with Crippen LogP contribution < -0.4 is 0 Å². The number of carboxylic acid groups (broad SMARTS) is 1. The van der Waals surface area contributed by atoms with Crippen molar-refractivity contribution in [1.29, 1.82) is 0 Å². The third-order valence-corrected chi connectivity index (χ3v) is 2.53. The van der Waals surface area contributed by atoms with Crippen LogP contribution in [0.4, 0.5) is 0 Å². The van der Waals surface area contributed by atoms with Crippen molar-refractivity contribution in [2.75, 3.05) is 6.61 Å². The predicted octanol–water partition coefficient (Wildman–Crippen LogP) is 3.40. The van der Waals surface area contributed by atoms with Gasteiger partial charge in [-0.2, -0.15) is 0 Å². The fourth-order valence-corrected chi connectivity index (χ4v) is 1.62. The average molecular weight is 215 g/mol. The van der Waals surface area contributed by atoms with Gasteiger partial charge in [0.05, 0.1) is 6.61 Å². The number of hydrogen-bond acceptors (Lipinski definition) is 1. The van der Waals surface area contributed by atoms with E-state index in [0.29, 0.717) is 6.42 Å². The van der Waals surface area contributed by atoms with Gasteiger partial charge in [0.2, 0.25) is 0 Å². The molecule has 0 atom stereocenters. The van der Waals surface area contributed by atoms with Crippen molar-refractivity contribution < 1.29 is 15.0 Å². The van der Waals surface area contributed by atoms with E-state index in [0.717, 1.165) is 32.1 Å². The smallest absolute Gasteiger partial charge is 0.303 e. The molecule has 0 amide bonds. The summed E-state index contributed by atoms with van der Waals surface area (Å²) in [6.07, 6.45) is 10.0. The lowest BCUT2D eigenvalue weighted by molar-refractivity contribution is -0.137. The van der Waals surface area contributed by atoms with Gasteiger partial charge in [-0.15, -0.1) is 0 Å². The molecule has 0 aliphatic carbocycles. The third kappa shape index (κ3) is 13.4. The molecule has 3 heteroatoms. The Balaban J connectivity index is 2.89. The van der Waals surface area contributed by atoms with Gasteiger partial charge in [-0.3, -0.25) is 4.79 Å². The Hall–Kier alpha value is -0.570. The van der Waals surface area contributed by atoms with Gasteiger partial charge in [-0.05, 0) is 12.8 Å². The first-order chi connectivity index (χ1) is 7.27. The molecule has 0 heterocycles. The summed E-state index contributed by atoms with van der Waals surface area (Å²) in [6.45, 7) is 0.0647. The van der Waals surface area contributed by atoms with Crippen molar-refractivity contribution >= 4 is 5.97 Å². The summed E-state index contributed by atoms with van der Waals surface area (Å²) in [5.41, 5.74) is 0. The van der Waals surface area contributed by atoms with E-state index in [9.17, 15) is 9.90 Å². The number of aliphatic carboxylic acids is 1. The van der Waals surface area contributed by atoms with Crippen LogP contribution in [0.1, 0.15) is 64.2 Å². The van der Waals surface area contributed by atoms with E-state index in [1.165, 1.54) is 25.7 Å². The second-order valence-electron chi connectivity index (χ2n) is 4.03. The first-order valence-corrected chi connectivity index (χ1v) is 6.07. The normalized spacial score (nSPS) is 10.5. The molecule has 0 spiro atoms. The summed E-state index contributed by atoms with van der Waals surface area (Å²) in [7, 11) is 0. The number of unbranched alkanes of at least 4 members (excludes halogenated alkanes) is 8. The molecule has 15 heavy (non-hydrogen) atoms. The Labute approximate surface area is 92.5 Å². The van der Waals surface area contributed by atoms with Gasteiger partial charge in [-0.25, -0.2) is 5.11 Å². The lowest BCUT2D eigenvalue weighted by Crippen LogP contribution is -1.93. The number of rotatable bonds is 11. The molecule has 0 rings (SSSR count). The van der Waals surface area contributed by atoms with Gasteiger partial charge in [0.1, 0.15) is 0 Å². The van der Waals surface area contributed by atoms with Gasteiger partial charge in [-0.1, -0.05) is 44.9 Å². The summed E-state index contributed by atoms with van der Waals surface area (Å²) >= 11 is 0. The van der Waals surface area contributed by atoms with Crippen LogP contribution in [0.5, 0.6) is 0 Å². The van der Waals surface area contributed by atoms with Crippen LogP contribution in [0.2, 0.25) is 0 Å². The SMILES string of the molecule is [O]CCCCCCCCCCCC(=O)O. The highest BCUT2D eigenvalue weighted by molar-refractivity contribution is 5.66. The summed E-state index contributed by atoms with van der Waals surface area (Å²) in [5, 5.41) is 18.6. The predicted molar refractivity (Wildman–Crippen MR) is 59.4 cm³/mol. The molecular formula is C12H23O3. The van der Waals surface area contributed by atoms with Crippen molar-refractivity contribution in [3.8, 4) is 0 Å². The molecule has 0 saturated carbocycles. The summed E-state index contributed by atoms with van der Waals surface area (Å²) < 4.78 is 0. The molecule has 3 nitrogen and oxygen atoms in total. The Morgan fingerprint density at radius 2 is 1.13 bits per heavy atom. The number of carbonyl (C=O) groups is 1. The fraction of sp³-hybridized carbons (Fsp3) is 0.917. The maximum absolute atomic E-state index is 10.2. The van der Waals surface area contributed by atoms with Crippen LogP contribution in [-0.2, 0) is 9.90 Å². The van der Waals surface area contributed by atoms with Gasteiger partial charge >= 0.3 is 5.97 Å². The molecule has 0 aliphatic heterocycles. The van der Waals surface area contributed by atoms with E-state index >= 15 is 0 Å². The van der Waals surface area contributed by atoms with E-state index in [2.05, 4.69) is 0 Å². The average Bonchev–Trinajstić information content (AvgIpc) is 2.20. The van der Waals surface area contributed by atoms with Crippen LogP contribution in [0.15, 0.2) is 0 Å². The second kappa shape index (κ2) is 11.5. The molecule has 0 aromatic rings. The zero-order valence-corrected chi connectivity index (χ0v) is 9.54. The van der Waals surface area contributed by atoms with E-state index in [-0.39, 0.29) is 6.61 Å². The van der Waals surface area contributed by atoms with Gasteiger partial charge in [0.15, 0.2) is 0 Å². The Morgan fingerprint density at radius 1 is 0.733 bits per heavy atom. The molecule has 0 aromatic heterocycles. The minimum atomic E-state index is -0.687. The zero-order chi connectivity index (χ0) is 11.4. The lowest BCUT2D eigenvalue weighted by Gasteiger charge is -2.00. The molecule has 0 aliphatic rings. The van der Waals surface area contributed by atoms with Gasteiger partial charge in [0.25, 0.3) is 0 Å². The molecule has 1 N–H and O–H groups in total.